The average molecular weight is 144 g/mol. The molecule has 2 atom stereocenters. The molecule has 2 rings (SSSR count). The molecular weight excluding hydrogens is 132 g/mol. The smallest absolute Gasteiger partial charge is 0.00931 e. The molecule has 0 amide bonds. The number of allylic oxidation sites excluding steroid dienone is 1. The minimum atomic E-state index is 0.748. The third-order valence-corrected chi connectivity index (χ3v) is 2.37. The van der Waals surface area contributed by atoms with Crippen molar-refractivity contribution in [3.63, 3.8) is 0 Å². The molecular formula is C11H12. The first-order valence-electron chi connectivity index (χ1n) is 4.09. The fourth-order valence-corrected chi connectivity index (χ4v) is 1.56. The zero-order chi connectivity index (χ0) is 7.68. The van der Waals surface area contributed by atoms with Gasteiger partial charge in [0.2, 0.25) is 0 Å². The van der Waals surface area contributed by atoms with Gasteiger partial charge in [0.05, 0.1) is 0 Å². The Labute approximate surface area is 67.6 Å². The van der Waals surface area contributed by atoms with E-state index in [9.17, 15) is 0 Å². The Morgan fingerprint density at radius 2 is 2.00 bits per heavy atom. The Hall–Kier alpha value is -1.04. The van der Waals surface area contributed by atoms with E-state index < -0.39 is 0 Å². The van der Waals surface area contributed by atoms with Crippen molar-refractivity contribution in [3.05, 3.63) is 48.6 Å². The van der Waals surface area contributed by atoms with Crippen molar-refractivity contribution >= 4 is 0 Å². The van der Waals surface area contributed by atoms with E-state index in [4.69, 9.17) is 0 Å². The molecule has 1 aromatic rings. The highest BCUT2D eigenvalue weighted by Gasteiger charge is 2.35. The van der Waals surface area contributed by atoms with Crippen LogP contribution in [0.4, 0.5) is 0 Å². The monoisotopic (exact) mass is 144 g/mol. The average Bonchev–Trinajstić information content (AvgIpc) is 2.85. The fraction of sp³-hybridized carbons (Fsp3) is 0.273. The standard InChI is InChI=1S/C11H12/c1-2-9-8-11(9)10-6-4-3-5-7-10/h2-7,9,11H,1,8H2/t9-,11+/m0/s1. The molecule has 1 aliphatic rings. The van der Waals surface area contributed by atoms with Gasteiger partial charge in [-0.15, -0.1) is 6.58 Å². The summed E-state index contributed by atoms with van der Waals surface area (Å²) >= 11 is 0. The Morgan fingerprint density at radius 1 is 1.27 bits per heavy atom. The van der Waals surface area contributed by atoms with Gasteiger partial charge in [-0.25, -0.2) is 0 Å². The van der Waals surface area contributed by atoms with Crippen molar-refractivity contribution in [1.82, 2.24) is 0 Å². The summed E-state index contributed by atoms with van der Waals surface area (Å²) in [5, 5.41) is 0. The maximum Gasteiger partial charge on any atom is -0.00931 e. The Bertz CT molecular complexity index is 248. The molecule has 0 radical (unpaired) electrons. The molecule has 0 aliphatic heterocycles. The predicted molar refractivity (Wildman–Crippen MR) is 47.5 cm³/mol. The molecule has 0 spiro atoms. The van der Waals surface area contributed by atoms with Gasteiger partial charge in [-0.05, 0) is 23.8 Å². The van der Waals surface area contributed by atoms with Gasteiger partial charge < -0.3 is 0 Å². The van der Waals surface area contributed by atoms with Crippen LogP contribution in [0.2, 0.25) is 0 Å². The van der Waals surface area contributed by atoms with Crippen LogP contribution in [0, 0.1) is 5.92 Å². The van der Waals surface area contributed by atoms with E-state index >= 15 is 0 Å². The lowest BCUT2D eigenvalue weighted by atomic mass is 10.1. The third-order valence-electron chi connectivity index (χ3n) is 2.37. The summed E-state index contributed by atoms with van der Waals surface area (Å²) in [5.41, 5.74) is 1.47. The maximum absolute atomic E-state index is 3.80. The second kappa shape index (κ2) is 2.54. The van der Waals surface area contributed by atoms with E-state index in [0.29, 0.717) is 0 Å². The van der Waals surface area contributed by atoms with Gasteiger partial charge >= 0.3 is 0 Å². The van der Waals surface area contributed by atoms with Crippen LogP contribution in [0.1, 0.15) is 17.9 Å². The molecule has 56 valence electrons. The van der Waals surface area contributed by atoms with Crippen molar-refractivity contribution in [1.29, 1.82) is 0 Å². The lowest BCUT2D eigenvalue weighted by molar-refractivity contribution is 1.01. The van der Waals surface area contributed by atoms with Gasteiger partial charge in [0, 0.05) is 0 Å². The zero-order valence-electron chi connectivity index (χ0n) is 6.53. The maximum atomic E-state index is 3.80. The van der Waals surface area contributed by atoms with Crippen LogP contribution < -0.4 is 0 Å². The molecule has 0 N–H and O–H groups in total. The van der Waals surface area contributed by atoms with Crippen molar-refractivity contribution in [2.45, 2.75) is 12.3 Å². The number of benzene rings is 1. The van der Waals surface area contributed by atoms with E-state index in [0.717, 1.165) is 11.8 Å². The second-order valence-electron chi connectivity index (χ2n) is 3.15. The first kappa shape index (κ1) is 6.66. The topological polar surface area (TPSA) is 0 Å². The van der Waals surface area contributed by atoms with E-state index in [1.807, 2.05) is 0 Å². The highest BCUT2D eigenvalue weighted by atomic mass is 14.4. The Morgan fingerprint density at radius 3 is 2.55 bits per heavy atom. The zero-order valence-corrected chi connectivity index (χ0v) is 6.53. The highest BCUT2D eigenvalue weighted by Crippen LogP contribution is 2.47. The number of rotatable bonds is 2. The lowest BCUT2D eigenvalue weighted by Gasteiger charge is -1.95. The van der Waals surface area contributed by atoms with Crippen LogP contribution in [-0.4, -0.2) is 0 Å². The SMILES string of the molecule is C=C[C@H]1C[C@H]1c1ccccc1. The predicted octanol–water partition coefficient (Wildman–Crippen LogP) is 2.98. The van der Waals surface area contributed by atoms with Crippen molar-refractivity contribution < 1.29 is 0 Å². The minimum absolute atomic E-state index is 0.748. The largest absolute Gasteiger partial charge is 0.103 e. The molecule has 0 unspecified atom stereocenters. The normalized spacial score (nSPS) is 28.0. The molecule has 1 fully saturated rings. The van der Waals surface area contributed by atoms with Crippen LogP contribution in [0.15, 0.2) is 43.0 Å². The first-order valence-corrected chi connectivity index (χ1v) is 4.09. The molecule has 0 bridgehead atoms. The molecule has 11 heavy (non-hydrogen) atoms. The molecule has 0 heterocycles. The van der Waals surface area contributed by atoms with E-state index in [1.54, 1.807) is 0 Å². The number of hydrogen-bond acceptors (Lipinski definition) is 0. The summed E-state index contributed by atoms with van der Waals surface area (Å²) < 4.78 is 0. The molecule has 0 heteroatoms. The summed E-state index contributed by atoms with van der Waals surface area (Å²) in [7, 11) is 0. The quantitative estimate of drug-likeness (QED) is 0.560. The Kier molecular flexibility index (Phi) is 1.54. The van der Waals surface area contributed by atoms with Crippen LogP contribution in [0.3, 0.4) is 0 Å². The van der Waals surface area contributed by atoms with Crippen LogP contribution in [0.25, 0.3) is 0 Å². The van der Waals surface area contributed by atoms with E-state index in [-0.39, 0.29) is 0 Å². The van der Waals surface area contributed by atoms with Crippen LogP contribution >= 0.6 is 0 Å². The van der Waals surface area contributed by atoms with Gasteiger partial charge in [-0.1, -0.05) is 36.4 Å². The van der Waals surface area contributed by atoms with E-state index in [2.05, 4.69) is 43.0 Å². The summed E-state index contributed by atoms with van der Waals surface area (Å²) in [6.07, 6.45) is 3.37. The fourth-order valence-electron chi connectivity index (χ4n) is 1.56. The molecule has 0 aromatic heterocycles. The molecule has 0 nitrogen and oxygen atoms in total. The second-order valence-corrected chi connectivity index (χ2v) is 3.15. The molecule has 0 saturated heterocycles. The summed E-state index contributed by atoms with van der Waals surface area (Å²) in [6, 6.07) is 10.7. The van der Waals surface area contributed by atoms with Crippen LogP contribution in [0.5, 0.6) is 0 Å². The highest BCUT2D eigenvalue weighted by molar-refractivity contribution is 5.27. The van der Waals surface area contributed by atoms with Gasteiger partial charge in [0.15, 0.2) is 0 Å². The van der Waals surface area contributed by atoms with Gasteiger partial charge in [-0.2, -0.15) is 0 Å². The van der Waals surface area contributed by atoms with E-state index in [1.165, 1.54) is 12.0 Å². The molecule has 1 aliphatic carbocycles. The van der Waals surface area contributed by atoms with Crippen LogP contribution in [-0.2, 0) is 0 Å². The summed E-state index contributed by atoms with van der Waals surface area (Å²) in [6.45, 7) is 3.80. The van der Waals surface area contributed by atoms with Crippen molar-refractivity contribution in [3.8, 4) is 0 Å². The van der Waals surface area contributed by atoms with Gasteiger partial charge in [0.1, 0.15) is 0 Å². The third kappa shape index (κ3) is 1.21. The lowest BCUT2D eigenvalue weighted by Crippen LogP contribution is -1.78. The summed E-state index contributed by atoms with van der Waals surface area (Å²) in [5.74, 6) is 1.52. The minimum Gasteiger partial charge on any atom is -0.103 e. The molecule has 1 saturated carbocycles. The summed E-state index contributed by atoms with van der Waals surface area (Å²) in [4.78, 5) is 0. The molecule has 1 aromatic carbocycles. The number of hydrogen-bond donors (Lipinski definition) is 0. The van der Waals surface area contributed by atoms with Crippen molar-refractivity contribution in [2.75, 3.05) is 0 Å². The van der Waals surface area contributed by atoms with Gasteiger partial charge in [-0.3, -0.25) is 0 Å². The van der Waals surface area contributed by atoms with Crippen molar-refractivity contribution in [2.24, 2.45) is 5.92 Å². The van der Waals surface area contributed by atoms with Gasteiger partial charge in [0.25, 0.3) is 0 Å². The first-order chi connectivity index (χ1) is 5.42. The Balaban J connectivity index is 2.14.